The molecule has 0 rings (SSSR count). The molecule has 0 bridgehead atoms. The number of nitrogens with two attached hydrogens (primary N) is 1. The van der Waals surface area contributed by atoms with Gasteiger partial charge in [-0.05, 0) is 40.0 Å². The molecule has 23 heavy (non-hydrogen) atoms. The fraction of sp³-hybridized carbons (Fsp3) is 0.750. The standard InChI is InChI=1S/C12H23N5O6/c1-12(2,3)23-11(20)15-10(13)14-7-5-4-6-8(9(18)19)16-17(21)22/h8,16H,4-7H2,1-3H3,(H,18,19)(H3,13,14,15,20)/t8-/m0/s1. The number of hydrogen-bond donors (Lipinski definition) is 4. The number of unbranched alkanes of at least 4 members (excludes halogenated alkanes) is 1. The molecule has 1 atom stereocenters. The molecule has 5 N–H and O–H groups in total. The molecule has 0 aliphatic rings. The molecule has 132 valence electrons. The van der Waals surface area contributed by atoms with Crippen molar-refractivity contribution in [2.24, 2.45) is 10.7 Å². The number of amides is 1. The predicted molar refractivity (Wildman–Crippen MR) is 81.3 cm³/mol. The molecule has 0 fully saturated rings. The van der Waals surface area contributed by atoms with Crippen molar-refractivity contribution in [1.82, 2.24) is 10.7 Å². The number of nitrogens with zero attached hydrogens (tertiary/aromatic N) is 2. The van der Waals surface area contributed by atoms with Crippen molar-refractivity contribution in [2.45, 2.75) is 51.7 Å². The van der Waals surface area contributed by atoms with E-state index < -0.39 is 28.7 Å². The zero-order valence-corrected chi connectivity index (χ0v) is 13.4. The number of aliphatic imine (C=N–C) groups is 1. The maximum Gasteiger partial charge on any atom is 0.414 e. The van der Waals surface area contributed by atoms with Gasteiger partial charge < -0.3 is 15.6 Å². The van der Waals surface area contributed by atoms with E-state index in [4.69, 9.17) is 15.6 Å². The average Bonchev–Trinajstić information content (AvgIpc) is 2.33. The van der Waals surface area contributed by atoms with E-state index in [1.54, 1.807) is 26.2 Å². The lowest BCUT2D eigenvalue weighted by molar-refractivity contribution is -0.549. The molecule has 0 radical (unpaired) electrons. The number of alkyl carbamates (subject to hydrolysis) is 1. The Bertz CT molecular complexity index is 459. The van der Waals surface area contributed by atoms with Gasteiger partial charge in [0.1, 0.15) is 5.60 Å². The Morgan fingerprint density at radius 1 is 1.39 bits per heavy atom. The molecule has 0 heterocycles. The number of carboxylic acids is 1. The number of guanidine groups is 1. The summed E-state index contributed by atoms with van der Waals surface area (Å²) < 4.78 is 4.98. The van der Waals surface area contributed by atoms with Crippen LogP contribution in [0, 0.1) is 10.1 Å². The number of hydrogen-bond acceptors (Lipinski definition) is 6. The molecule has 0 aromatic carbocycles. The maximum absolute atomic E-state index is 11.4. The highest BCUT2D eigenvalue weighted by molar-refractivity contribution is 5.92. The van der Waals surface area contributed by atoms with Crippen LogP contribution in [0.4, 0.5) is 4.79 Å². The minimum Gasteiger partial charge on any atom is -0.480 e. The van der Waals surface area contributed by atoms with Crippen molar-refractivity contribution in [3.8, 4) is 0 Å². The highest BCUT2D eigenvalue weighted by Crippen LogP contribution is 2.06. The van der Waals surface area contributed by atoms with E-state index in [1.165, 1.54) is 0 Å². The highest BCUT2D eigenvalue weighted by Gasteiger charge is 2.21. The summed E-state index contributed by atoms with van der Waals surface area (Å²) in [6.45, 7) is 5.36. The summed E-state index contributed by atoms with van der Waals surface area (Å²) >= 11 is 0. The SMILES string of the molecule is CC(C)(C)OC(=O)NC(N)=NCCCC[C@H](N[N+](=O)[O-])C(=O)O. The topological polar surface area (TPSA) is 169 Å². The summed E-state index contributed by atoms with van der Waals surface area (Å²) in [7, 11) is 0. The Morgan fingerprint density at radius 2 is 2.00 bits per heavy atom. The maximum atomic E-state index is 11.4. The molecular weight excluding hydrogens is 310 g/mol. The van der Waals surface area contributed by atoms with Crippen LogP contribution in [0.1, 0.15) is 40.0 Å². The third-order valence-corrected chi connectivity index (χ3v) is 2.37. The molecule has 11 nitrogen and oxygen atoms in total. The first-order valence-corrected chi connectivity index (χ1v) is 6.94. The first-order valence-electron chi connectivity index (χ1n) is 6.94. The molecule has 0 saturated heterocycles. The Labute approximate surface area is 133 Å². The zero-order chi connectivity index (χ0) is 18.0. The number of nitro groups is 1. The average molecular weight is 333 g/mol. The number of nitrogens with one attached hydrogen (secondary N) is 2. The van der Waals surface area contributed by atoms with Gasteiger partial charge in [0.15, 0.2) is 17.0 Å². The van der Waals surface area contributed by atoms with Crippen LogP contribution < -0.4 is 16.5 Å². The van der Waals surface area contributed by atoms with Crippen molar-refractivity contribution < 1.29 is 24.5 Å². The lowest BCUT2D eigenvalue weighted by Gasteiger charge is -2.19. The molecule has 0 aromatic rings. The van der Waals surface area contributed by atoms with E-state index >= 15 is 0 Å². The van der Waals surface area contributed by atoms with Crippen molar-refractivity contribution >= 4 is 18.0 Å². The summed E-state index contributed by atoms with van der Waals surface area (Å²) in [6, 6.07) is -1.26. The lowest BCUT2D eigenvalue weighted by Crippen LogP contribution is -2.40. The van der Waals surface area contributed by atoms with E-state index in [9.17, 15) is 19.7 Å². The summed E-state index contributed by atoms with van der Waals surface area (Å²) in [5, 5.41) is 20.4. The lowest BCUT2D eigenvalue weighted by atomic mass is 10.1. The quantitative estimate of drug-likeness (QED) is 0.161. The second kappa shape index (κ2) is 9.43. The Balaban J connectivity index is 4.06. The van der Waals surface area contributed by atoms with Gasteiger partial charge in [-0.2, -0.15) is 0 Å². The van der Waals surface area contributed by atoms with E-state index in [1.807, 2.05) is 0 Å². The molecule has 1 amide bonds. The van der Waals surface area contributed by atoms with Crippen LogP contribution >= 0.6 is 0 Å². The van der Waals surface area contributed by atoms with Gasteiger partial charge >= 0.3 is 12.1 Å². The van der Waals surface area contributed by atoms with Crippen LogP contribution in [0.25, 0.3) is 0 Å². The van der Waals surface area contributed by atoms with Crippen LogP contribution in [-0.4, -0.2) is 46.3 Å². The van der Waals surface area contributed by atoms with E-state index in [0.717, 1.165) is 0 Å². The molecule has 11 heteroatoms. The highest BCUT2D eigenvalue weighted by atomic mass is 16.7. The van der Waals surface area contributed by atoms with Gasteiger partial charge in [0.2, 0.25) is 0 Å². The number of rotatable bonds is 8. The first-order chi connectivity index (χ1) is 10.5. The van der Waals surface area contributed by atoms with Gasteiger partial charge in [-0.15, -0.1) is 5.43 Å². The van der Waals surface area contributed by atoms with Gasteiger partial charge in [-0.25, -0.2) is 19.7 Å². The molecule has 0 aromatic heterocycles. The normalized spacial score (nSPS) is 13.1. The predicted octanol–water partition coefficient (Wildman–Crippen LogP) is 0.231. The largest absolute Gasteiger partial charge is 0.480 e. The summed E-state index contributed by atoms with van der Waals surface area (Å²) in [6.07, 6.45) is 0.200. The van der Waals surface area contributed by atoms with Crippen LogP contribution in [0.15, 0.2) is 4.99 Å². The molecular formula is C12H23N5O6. The summed E-state index contributed by atoms with van der Waals surface area (Å²) in [4.78, 5) is 36.3. The Morgan fingerprint density at radius 3 is 2.48 bits per heavy atom. The van der Waals surface area contributed by atoms with Crippen molar-refractivity contribution in [3.05, 3.63) is 10.1 Å². The second-order valence-corrected chi connectivity index (χ2v) is 5.67. The van der Waals surface area contributed by atoms with Crippen molar-refractivity contribution in [3.63, 3.8) is 0 Å². The zero-order valence-electron chi connectivity index (χ0n) is 13.4. The van der Waals surface area contributed by atoms with E-state index in [-0.39, 0.29) is 18.9 Å². The van der Waals surface area contributed by atoms with Crippen LogP contribution in [0.2, 0.25) is 0 Å². The third kappa shape index (κ3) is 11.7. The molecule has 0 unspecified atom stereocenters. The van der Waals surface area contributed by atoms with Gasteiger partial charge in [-0.1, -0.05) is 0 Å². The van der Waals surface area contributed by atoms with Crippen LogP contribution in [0.3, 0.4) is 0 Å². The van der Waals surface area contributed by atoms with E-state index in [0.29, 0.717) is 12.8 Å². The number of carbonyl (C=O) groups is 2. The number of ether oxygens (including phenoxy) is 1. The Hall–Kier alpha value is -2.59. The monoisotopic (exact) mass is 333 g/mol. The van der Waals surface area contributed by atoms with Gasteiger partial charge in [0.25, 0.3) is 0 Å². The number of hydrazine groups is 1. The molecule has 0 spiro atoms. The Kier molecular flexibility index (Phi) is 8.37. The van der Waals surface area contributed by atoms with Crippen molar-refractivity contribution in [2.75, 3.05) is 6.54 Å². The summed E-state index contributed by atoms with van der Waals surface area (Å²) in [5.74, 6) is -1.41. The number of aliphatic carboxylic acids is 1. The fourth-order valence-electron chi connectivity index (χ4n) is 1.48. The van der Waals surface area contributed by atoms with Crippen molar-refractivity contribution in [1.29, 1.82) is 0 Å². The summed E-state index contributed by atoms with van der Waals surface area (Å²) in [5.41, 5.74) is 6.55. The number of carbonyl (C=O) groups excluding carboxylic acids is 1. The minimum absolute atomic E-state index is 0.0746. The second-order valence-electron chi connectivity index (χ2n) is 5.67. The van der Waals surface area contributed by atoms with Gasteiger partial charge in [-0.3, -0.25) is 10.3 Å². The minimum atomic E-state index is -1.30. The van der Waals surface area contributed by atoms with Gasteiger partial charge in [0.05, 0.1) is 0 Å². The molecule has 0 saturated carbocycles. The fourth-order valence-corrected chi connectivity index (χ4v) is 1.48. The van der Waals surface area contributed by atoms with Crippen LogP contribution in [-0.2, 0) is 9.53 Å². The third-order valence-electron chi connectivity index (χ3n) is 2.37. The molecule has 0 aliphatic carbocycles. The first kappa shape index (κ1) is 20.4. The number of carboxylic acid groups (broad SMARTS) is 1. The van der Waals surface area contributed by atoms with E-state index in [2.05, 4.69) is 10.3 Å². The smallest absolute Gasteiger partial charge is 0.414 e. The van der Waals surface area contributed by atoms with Crippen LogP contribution in [0.5, 0.6) is 0 Å². The van der Waals surface area contributed by atoms with Gasteiger partial charge in [0, 0.05) is 6.54 Å². The molecule has 0 aliphatic heterocycles.